The Morgan fingerprint density at radius 2 is 0.625 bits per heavy atom. The monoisotopic (exact) mass is 417 g/mol. The quantitative estimate of drug-likeness (QED) is 0.475. The number of hydrogen-bond acceptors (Lipinski definition) is 1. The molecule has 0 aromatic rings. The summed E-state index contributed by atoms with van der Waals surface area (Å²) in [6.07, 6.45) is 35.2. The second kappa shape index (κ2) is 16.3. The van der Waals surface area contributed by atoms with E-state index in [0.717, 1.165) is 11.3 Å². The maximum Gasteiger partial charge on any atom is 2.00 e. The third-order valence-electron chi connectivity index (χ3n) is 2.87. The van der Waals surface area contributed by atoms with Crippen molar-refractivity contribution in [3.05, 3.63) is 127 Å². The Balaban J connectivity index is 0.000000370. The third-order valence-corrected chi connectivity index (χ3v) is 4.40. The Bertz CT molecular complexity index is 249. The maximum atomic E-state index is 11.7. The SMILES string of the molecule is O=[P+]([C]1[CH][CH][CH][CH]1)[C]1[CH][CH][CH][CH]1.[CH]1[CH][CH][CH][CH]1.[CH]1[CH][CH][CH][CH]1.[Fe+2].[Fe+2]. The zero-order chi connectivity index (χ0) is 15.5. The predicted molar refractivity (Wildman–Crippen MR) is 91.5 cm³/mol. The van der Waals surface area contributed by atoms with Gasteiger partial charge in [0.05, 0.1) is 0 Å². The Labute approximate surface area is 173 Å². The Morgan fingerprint density at radius 1 is 0.417 bits per heavy atom. The van der Waals surface area contributed by atoms with Gasteiger partial charge in [-0.1, -0.05) is 4.57 Å². The van der Waals surface area contributed by atoms with Crippen molar-refractivity contribution in [3.8, 4) is 0 Å². The molecule has 4 saturated carbocycles. The van der Waals surface area contributed by atoms with Gasteiger partial charge in [0.2, 0.25) is 11.3 Å². The molecule has 0 heterocycles. The summed E-state index contributed by atoms with van der Waals surface area (Å²) >= 11 is 0. The van der Waals surface area contributed by atoms with Gasteiger partial charge in [0.15, 0.2) is 0 Å². The van der Waals surface area contributed by atoms with Crippen molar-refractivity contribution in [3.63, 3.8) is 0 Å². The first-order chi connectivity index (χ1) is 10.9. The molecule has 1 nitrogen and oxygen atoms in total. The van der Waals surface area contributed by atoms with E-state index in [1.54, 1.807) is 0 Å². The molecule has 0 atom stereocenters. The summed E-state index contributed by atoms with van der Waals surface area (Å²) in [6, 6.07) is 0. The summed E-state index contributed by atoms with van der Waals surface area (Å²) in [5.41, 5.74) is 1.83. The molecule has 0 unspecified atom stereocenters. The van der Waals surface area contributed by atoms with Crippen LogP contribution in [0, 0.1) is 127 Å². The molecule has 0 amide bonds. The van der Waals surface area contributed by atoms with Gasteiger partial charge in [-0.05, 0) is 89.9 Å². The molecule has 4 heteroatoms. The van der Waals surface area contributed by atoms with Crippen molar-refractivity contribution in [2.45, 2.75) is 0 Å². The van der Waals surface area contributed by atoms with Gasteiger partial charge in [-0.25, -0.2) is 0 Å². The van der Waals surface area contributed by atoms with E-state index in [1.807, 2.05) is 116 Å². The third kappa shape index (κ3) is 10.3. The van der Waals surface area contributed by atoms with E-state index in [0.29, 0.717) is 0 Å². The Kier molecular flexibility index (Phi) is 17.1. The van der Waals surface area contributed by atoms with Gasteiger partial charge in [0.1, 0.15) is 0 Å². The van der Waals surface area contributed by atoms with Gasteiger partial charge in [-0.3, -0.25) is 0 Å². The fraction of sp³-hybridized carbons (Fsp3) is 0. The predicted octanol–water partition coefficient (Wildman–Crippen LogP) is 4.58. The molecule has 120 valence electrons. The fourth-order valence-corrected chi connectivity index (χ4v) is 2.97. The molecule has 0 saturated heterocycles. The van der Waals surface area contributed by atoms with Gasteiger partial charge < -0.3 is 0 Å². The molecule has 0 aliphatic heterocycles. The first kappa shape index (κ1) is 25.1. The molecule has 4 aliphatic rings. The summed E-state index contributed by atoms with van der Waals surface area (Å²) in [6.45, 7) is 0. The smallest absolute Gasteiger partial charge is 0.0731 e. The average Bonchev–Trinajstić information content (AvgIpc) is 3.42. The minimum Gasteiger partial charge on any atom is -0.0731 e. The Hall–Kier alpha value is 1.14. The summed E-state index contributed by atoms with van der Waals surface area (Å²) in [5, 5.41) is 0. The normalized spacial score (nSPS) is 23.3. The molecule has 4 rings (SSSR count). The van der Waals surface area contributed by atoms with Crippen LogP contribution in [0.1, 0.15) is 0 Å². The molecule has 4 aliphatic carbocycles. The molecule has 0 spiro atoms. The van der Waals surface area contributed by atoms with Crippen molar-refractivity contribution in [1.82, 2.24) is 0 Å². The van der Waals surface area contributed by atoms with Crippen molar-refractivity contribution in [2.75, 3.05) is 0 Å². The Morgan fingerprint density at radius 3 is 0.833 bits per heavy atom. The molecular formula is C20H18Fe2OP+5. The van der Waals surface area contributed by atoms with Gasteiger partial charge in [0.25, 0.3) is 0 Å². The van der Waals surface area contributed by atoms with E-state index >= 15 is 0 Å². The molecule has 24 heavy (non-hydrogen) atoms. The largest absolute Gasteiger partial charge is 2.00 e. The molecule has 4 fully saturated rings. The maximum absolute atomic E-state index is 11.7. The van der Waals surface area contributed by atoms with Gasteiger partial charge >= 0.3 is 41.9 Å². The molecule has 0 aromatic carbocycles. The van der Waals surface area contributed by atoms with E-state index in [9.17, 15) is 4.57 Å². The molecule has 0 bridgehead atoms. The molecular weight excluding hydrogens is 399 g/mol. The van der Waals surface area contributed by atoms with Crippen LogP contribution in [0.2, 0.25) is 0 Å². The summed E-state index contributed by atoms with van der Waals surface area (Å²) < 4.78 is 11.7. The van der Waals surface area contributed by atoms with E-state index in [-0.39, 0.29) is 34.1 Å². The topological polar surface area (TPSA) is 17.1 Å². The van der Waals surface area contributed by atoms with Crippen LogP contribution in [-0.2, 0) is 38.7 Å². The fourth-order valence-electron chi connectivity index (χ4n) is 1.79. The first-order valence-electron chi connectivity index (χ1n) is 7.12. The van der Waals surface area contributed by atoms with Crippen LogP contribution in [0.4, 0.5) is 0 Å². The zero-order valence-electron chi connectivity index (χ0n) is 13.0. The van der Waals surface area contributed by atoms with Crippen LogP contribution in [0.3, 0.4) is 0 Å². The van der Waals surface area contributed by atoms with Crippen LogP contribution in [0.15, 0.2) is 0 Å². The first-order valence-corrected chi connectivity index (χ1v) is 8.38. The van der Waals surface area contributed by atoms with Gasteiger partial charge in [0, 0.05) is 25.7 Å². The second-order valence-electron chi connectivity index (χ2n) is 4.51. The molecule has 0 aromatic heterocycles. The van der Waals surface area contributed by atoms with Crippen molar-refractivity contribution in [1.29, 1.82) is 0 Å². The van der Waals surface area contributed by atoms with Crippen LogP contribution >= 0.6 is 7.80 Å². The molecule has 20 radical (unpaired) electrons. The minimum atomic E-state index is -1.35. The zero-order valence-corrected chi connectivity index (χ0v) is 16.1. The van der Waals surface area contributed by atoms with Crippen LogP contribution < -0.4 is 0 Å². The van der Waals surface area contributed by atoms with E-state index < -0.39 is 7.80 Å². The second-order valence-corrected chi connectivity index (χ2v) is 6.13. The molecule has 0 N–H and O–H groups in total. The van der Waals surface area contributed by atoms with Crippen LogP contribution in [0.5, 0.6) is 0 Å². The van der Waals surface area contributed by atoms with Crippen molar-refractivity contribution >= 4 is 7.80 Å². The summed E-state index contributed by atoms with van der Waals surface area (Å²) in [5.74, 6) is 0. The minimum absolute atomic E-state index is 0. The number of hydrogen-bond donors (Lipinski definition) is 0. The van der Waals surface area contributed by atoms with E-state index in [4.69, 9.17) is 0 Å². The van der Waals surface area contributed by atoms with Gasteiger partial charge in [-0.2, -0.15) is 0 Å². The van der Waals surface area contributed by atoms with Gasteiger partial charge in [-0.15, -0.1) is 0 Å². The van der Waals surface area contributed by atoms with Crippen LogP contribution in [-0.4, -0.2) is 0 Å². The van der Waals surface area contributed by atoms with Crippen molar-refractivity contribution < 1.29 is 38.7 Å². The van der Waals surface area contributed by atoms with E-state index in [1.165, 1.54) is 0 Å². The van der Waals surface area contributed by atoms with Crippen LogP contribution in [0.25, 0.3) is 0 Å². The van der Waals surface area contributed by atoms with E-state index in [2.05, 4.69) is 0 Å². The summed E-state index contributed by atoms with van der Waals surface area (Å²) in [4.78, 5) is 0. The summed E-state index contributed by atoms with van der Waals surface area (Å²) in [7, 11) is -1.35. The average molecular weight is 417 g/mol. The number of rotatable bonds is 2. The van der Waals surface area contributed by atoms with Crippen molar-refractivity contribution in [2.24, 2.45) is 0 Å². The standard InChI is InChI=1S/C10H8OP.2C5H5.2Fe/c11-12(9-5-1-2-6-9)10-7-3-4-8-10;2*1-2-4-5-3-1;;/h1-8H;2*1-5H;;/q+1;;;2*+2.